The van der Waals surface area contributed by atoms with E-state index in [1.165, 1.54) is 5.56 Å². The van der Waals surface area contributed by atoms with Gasteiger partial charge in [-0.3, -0.25) is 4.90 Å². The number of hydrogen-bond donors (Lipinski definition) is 1. The van der Waals surface area contributed by atoms with Crippen molar-refractivity contribution in [1.29, 1.82) is 0 Å². The van der Waals surface area contributed by atoms with Crippen LogP contribution in [0.2, 0.25) is 0 Å². The third-order valence-corrected chi connectivity index (χ3v) is 4.18. The second-order valence-electron chi connectivity index (χ2n) is 5.73. The lowest BCUT2D eigenvalue weighted by atomic mass is 9.90. The molecule has 18 heavy (non-hydrogen) atoms. The molecule has 1 spiro atoms. The highest BCUT2D eigenvalue weighted by molar-refractivity contribution is 5.15. The molecule has 0 radical (unpaired) electrons. The summed E-state index contributed by atoms with van der Waals surface area (Å²) >= 11 is 0. The van der Waals surface area contributed by atoms with Gasteiger partial charge in [0.1, 0.15) is 0 Å². The fourth-order valence-electron chi connectivity index (χ4n) is 3.25. The molecule has 2 fully saturated rings. The molecule has 2 heterocycles. The van der Waals surface area contributed by atoms with Crippen molar-refractivity contribution in [2.45, 2.75) is 37.5 Å². The number of nitrogens with zero attached hydrogens (tertiary/aromatic N) is 1. The molecule has 3 nitrogen and oxygen atoms in total. The van der Waals surface area contributed by atoms with Crippen LogP contribution in [0.1, 0.15) is 24.8 Å². The third kappa shape index (κ3) is 2.58. The summed E-state index contributed by atoms with van der Waals surface area (Å²) in [5.74, 6) is 0. The van der Waals surface area contributed by atoms with E-state index in [1.54, 1.807) is 0 Å². The Labute approximate surface area is 109 Å². The Kier molecular flexibility index (Phi) is 3.37. The van der Waals surface area contributed by atoms with Gasteiger partial charge in [-0.1, -0.05) is 30.3 Å². The van der Waals surface area contributed by atoms with Crippen LogP contribution in [0.3, 0.4) is 0 Å². The third-order valence-electron chi connectivity index (χ3n) is 4.18. The number of nitrogens with two attached hydrogens (primary N) is 1. The van der Waals surface area contributed by atoms with Gasteiger partial charge in [-0.15, -0.1) is 0 Å². The van der Waals surface area contributed by atoms with Gasteiger partial charge in [-0.25, -0.2) is 0 Å². The van der Waals surface area contributed by atoms with E-state index < -0.39 is 0 Å². The minimum Gasteiger partial charge on any atom is -0.373 e. The summed E-state index contributed by atoms with van der Waals surface area (Å²) in [4.78, 5) is 2.49. The van der Waals surface area contributed by atoms with Gasteiger partial charge in [-0.05, 0) is 24.8 Å². The molecule has 0 bridgehead atoms. The maximum Gasteiger partial charge on any atom is 0.0835 e. The van der Waals surface area contributed by atoms with Gasteiger partial charge in [0.2, 0.25) is 0 Å². The number of hydrogen-bond acceptors (Lipinski definition) is 3. The zero-order chi connectivity index (χ0) is 12.4. The quantitative estimate of drug-likeness (QED) is 0.864. The second kappa shape index (κ2) is 5.00. The van der Waals surface area contributed by atoms with Crippen LogP contribution < -0.4 is 5.73 Å². The highest BCUT2D eigenvalue weighted by Gasteiger charge is 2.42. The van der Waals surface area contributed by atoms with Crippen LogP contribution in [0, 0.1) is 0 Å². The minimum absolute atomic E-state index is 0.0481. The molecule has 1 aromatic carbocycles. The van der Waals surface area contributed by atoms with Gasteiger partial charge < -0.3 is 10.5 Å². The maximum absolute atomic E-state index is 6.09. The Bertz CT molecular complexity index is 395. The molecule has 3 rings (SSSR count). The second-order valence-corrected chi connectivity index (χ2v) is 5.73. The average Bonchev–Trinajstić information content (AvgIpc) is 2.73. The summed E-state index contributed by atoms with van der Waals surface area (Å²) in [6.45, 7) is 4.03. The topological polar surface area (TPSA) is 38.5 Å². The summed E-state index contributed by atoms with van der Waals surface area (Å²) < 4.78 is 6.04. The smallest absolute Gasteiger partial charge is 0.0835 e. The standard InChI is InChI=1S/C15H22N2O/c16-14-6-9-18-15(10-14)7-8-17(12-15)11-13-4-2-1-3-5-13/h1-5,14H,6-12,16H2. The predicted molar refractivity (Wildman–Crippen MR) is 72.2 cm³/mol. The first-order chi connectivity index (χ1) is 8.76. The molecule has 2 saturated heterocycles. The van der Waals surface area contributed by atoms with Crippen molar-refractivity contribution in [3.05, 3.63) is 35.9 Å². The molecule has 0 amide bonds. The molecular weight excluding hydrogens is 224 g/mol. The Morgan fingerprint density at radius 3 is 2.94 bits per heavy atom. The highest BCUT2D eigenvalue weighted by Crippen LogP contribution is 2.34. The monoisotopic (exact) mass is 246 g/mol. The largest absolute Gasteiger partial charge is 0.373 e. The molecule has 2 atom stereocenters. The van der Waals surface area contributed by atoms with Crippen molar-refractivity contribution in [3.8, 4) is 0 Å². The van der Waals surface area contributed by atoms with Crippen molar-refractivity contribution >= 4 is 0 Å². The molecule has 2 N–H and O–H groups in total. The fourth-order valence-corrected chi connectivity index (χ4v) is 3.25. The van der Waals surface area contributed by atoms with Gasteiger partial charge in [0.25, 0.3) is 0 Å². The van der Waals surface area contributed by atoms with Gasteiger partial charge in [0.05, 0.1) is 5.60 Å². The molecule has 0 aromatic heterocycles. The van der Waals surface area contributed by atoms with Crippen molar-refractivity contribution in [2.24, 2.45) is 5.73 Å². The number of likely N-dealkylation sites (tertiary alicyclic amines) is 1. The van der Waals surface area contributed by atoms with Crippen LogP contribution >= 0.6 is 0 Å². The number of benzene rings is 1. The van der Waals surface area contributed by atoms with Gasteiger partial charge in [0, 0.05) is 32.3 Å². The Morgan fingerprint density at radius 1 is 1.33 bits per heavy atom. The molecule has 2 aliphatic rings. The summed E-state index contributed by atoms with van der Waals surface area (Å²) in [7, 11) is 0. The van der Waals surface area contributed by atoms with Crippen molar-refractivity contribution in [3.63, 3.8) is 0 Å². The van der Waals surface area contributed by atoms with Gasteiger partial charge >= 0.3 is 0 Å². The number of ether oxygens (including phenoxy) is 1. The lowest BCUT2D eigenvalue weighted by Gasteiger charge is -2.36. The maximum atomic E-state index is 6.09. The van der Waals surface area contributed by atoms with E-state index in [4.69, 9.17) is 10.5 Å². The van der Waals surface area contributed by atoms with Gasteiger partial charge in [0.15, 0.2) is 0 Å². The van der Waals surface area contributed by atoms with E-state index in [9.17, 15) is 0 Å². The average molecular weight is 246 g/mol. The van der Waals surface area contributed by atoms with Gasteiger partial charge in [-0.2, -0.15) is 0 Å². The van der Waals surface area contributed by atoms with Crippen LogP contribution in [-0.4, -0.2) is 36.2 Å². The summed E-state index contributed by atoms with van der Waals surface area (Å²) in [6, 6.07) is 11.0. The summed E-state index contributed by atoms with van der Waals surface area (Å²) in [5.41, 5.74) is 7.52. The Morgan fingerprint density at radius 2 is 2.17 bits per heavy atom. The van der Waals surface area contributed by atoms with E-state index in [0.29, 0.717) is 6.04 Å². The fraction of sp³-hybridized carbons (Fsp3) is 0.600. The molecule has 0 saturated carbocycles. The van der Waals surface area contributed by atoms with Crippen LogP contribution in [0.15, 0.2) is 30.3 Å². The van der Waals surface area contributed by atoms with E-state index in [1.807, 2.05) is 0 Å². The molecule has 1 aromatic rings. The first kappa shape index (κ1) is 12.2. The van der Waals surface area contributed by atoms with Crippen LogP contribution in [0.5, 0.6) is 0 Å². The zero-order valence-electron chi connectivity index (χ0n) is 10.8. The minimum atomic E-state index is 0.0481. The first-order valence-corrected chi connectivity index (χ1v) is 6.92. The van der Waals surface area contributed by atoms with Crippen LogP contribution in [-0.2, 0) is 11.3 Å². The first-order valence-electron chi connectivity index (χ1n) is 6.92. The Balaban J connectivity index is 1.61. The van der Waals surface area contributed by atoms with Crippen LogP contribution in [0.25, 0.3) is 0 Å². The summed E-state index contributed by atoms with van der Waals surface area (Å²) in [6.07, 6.45) is 3.17. The van der Waals surface area contributed by atoms with E-state index in [-0.39, 0.29) is 5.60 Å². The lowest BCUT2D eigenvalue weighted by Crippen LogP contribution is -2.46. The van der Waals surface area contributed by atoms with E-state index in [2.05, 4.69) is 35.2 Å². The summed E-state index contributed by atoms with van der Waals surface area (Å²) in [5, 5.41) is 0. The highest BCUT2D eigenvalue weighted by atomic mass is 16.5. The molecule has 2 aliphatic heterocycles. The molecule has 0 aliphatic carbocycles. The van der Waals surface area contributed by atoms with E-state index in [0.717, 1.165) is 45.5 Å². The molecule has 2 unspecified atom stereocenters. The molecular formula is C15H22N2O. The molecule has 3 heteroatoms. The van der Waals surface area contributed by atoms with Crippen molar-refractivity contribution < 1.29 is 4.74 Å². The van der Waals surface area contributed by atoms with Crippen molar-refractivity contribution in [2.75, 3.05) is 19.7 Å². The van der Waals surface area contributed by atoms with Crippen LogP contribution in [0.4, 0.5) is 0 Å². The normalized spacial score (nSPS) is 33.1. The predicted octanol–water partition coefficient (Wildman–Crippen LogP) is 1.77. The Hall–Kier alpha value is -0.900. The molecule has 98 valence electrons. The SMILES string of the molecule is NC1CCOC2(CCN(Cc3ccccc3)C2)C1. The van der Waals surface area contributed by atoms with Crippen molar-refractivity contribution in [1.82, 2.24) is 4.90 Å². The lowest BCUT2D eigenvalue weighted by molar-refractivity contribution is -0.0760. The van der Waals surface area contributed by atoms with E-state index >= 15 is 0 Å². The zero-order valence-corrected chi connectivity index (χ0v) is 10.8. The number of rotatable bonds is 2.